The van der Waals surface area contributed by atoms with Crippen LogP contribution >= 0.6 is 11.8 Å². The molecular formula is C79H100N8O21S. The summed E-state index contributed by atoms with van der Waals surface area (Å²) >= 11 is 1.12. The van der Waals surface area contributed by atoms with Crippen LogP contribution in [0.2, 0.25) is 0 Å². The van der Waals surface area contributed by atoms with Crippen LogP contribution in [0.1, 0.15) is 139 Å². The molecule has 30 heteroatoms. The summed E-state index contributed by atoms with van der Waals surface area (Å²) in [5, 5.41) is 40.2. The van der Waals surface area contributed by atoms with Gasteiger partial charge in [0.2, 0.25) is 17.7 Å². The summed E-state index contributed by atoms with van der Waals surface area (Å²) in [6.07, 6.45) is -11.4. The summed E-state index contributed by atoms with van der Waals surface area (Å²) in [5.74, 6) is -10.2. The van der Waals surface area contributed by atoms with Crippen LogP contribution < -0.4 is 32.3 Å². The molecule has 13 atom stereocenters. The van der Waals surface area contributed by atoms with Gasteiger partial charge < -0.3 is 80.8 Å². The number of nitrogens with one attached hydrogen (secondary N) is 5. The highest BCUT2D eigenvalue weighted by Gasteiger charge is 2.78. The first kappa shape index (κ1) is 84.6. The van der Waals surface area contributed by atoms with Gasteiger partial charge in [-0.2, -0.15) is 0 Å². The molecule has 3 aliphatic carbocycles. The normalized spacial score (nSPS) is 23.5. The van der Waals surface area contributed by atoms with Crippen molar-refractivity contribution in [1.29, 1.82) is 0 Å². The predicted octanol–water partition coefficient (Wildman–Crippen LogP) is 6.71. The Morgan fingerprint density at radius 2 is 1.34 bits per heavy atom. The highest BCUT2D eigenvalue weighted by atomic mass is 32.2. The molecule has 0 radical (unpaired) electrons. The third-order valence-electron chi connectivity index (χ3n) is 21.1. The molecule has 588 valence electrons. The monoisotopic (exact) mass is 1530 g/mol. The van der Waals surface area contributed by atoms with E-state index in [1.807, 2.05) is 0 Å². The molecule has 4 aromatic rings. The first-order chi connectivity index (χ1) is 51.4. The number of ether oxygens (including phenoxy) is 6. The number of urea groups is 1. The van der Waals surface area contributed by atoms with E-state index < -0.39 is 173 Å². The number of carbonyl (C=O) groups is 13. The van der Waals surface area contributed by atoms with Crippen LogP contribution in [0.3, 0.4) is 0 Å². The number of aliphatic hydroxyl groups is 2. The van der Waals surface area contributed by atoms with Crippen molar-refractivity contribution >= 4 is 94.6 Å². The SMILES string of the molecule is CC(=O)O[C@H]1C(=O)[C@@]2(C)[C@H]([C@H](OC(=O)c3ccccc3)[C@]3(O)C[C@H](CC(=O)[C@H](OC(=O)N(C)CCN(C)C(=O)OCc4ccc(NC(=O)[C@H](CCCNC(N)=O)NC(=O)[C@@H](NC(=O)CSCC(=O)C(C)C)C(C)C)cc4)[C@@H](NC(=O)c4ccccc4)c4ccccc4)C(C)=C1C3(C)C)[C@]1(OC(C)=O)CO[C@@H]1C[C@@H]2O. The van der Waals surface area contributed by atoms with Crippen molar-refractivity contribution in [2.75, 3.05) is 57.2 Å². The van der Waals surface area contributed by atoms with Crippen molar-refractivity contribution < 1.29 is 101 Å². The largest absolute Gasteiger partial charge is 0.455 e. The van der Waals surface area contributed by atoms with E-state index in [9.17, 15) is 63.0 Å². The second-order valence-corrected chi connectivity index (χ2v) is 30.6. The number of ketones is 3. The molecule has 4 aliphatic rings. The number of carbonyl (C=O) groups excluding carboxylic acids is 13. The van der Waals surface area contributed by atoms with Gasteiger partial charge in [0.05, 0.1) is 47.2 Å². The highest BCUT2D eigenvalue weighted by molar-refractivity contribution is 8.00. The van der Waals surface area contributed by atoms with Crippen LogP contribution in [-0.2, 0) is 73.4 Å². The number of nitrogens with zero attached hydrogens (tertiary/aromatic N) is 2. The zero-order valence-electron chi connectivity index (χ0n) is 63.4. The first-order valence-electron chi connectivity index (χ1n) is 36.2. The molecule has 0 aromatic heterocycles. The van der Waals surface area contributed by atoms with Crippen molar-refractivity contribution in [1.82, 2.24) is 31.1 Å². The molecule has 4 aromatic carbocycles. The van der Waals surface area contributed by atoms with Crippen LogP contribution in [0.15, 0.2) is 126 Å². The number of hydrogen-bond donors (Lipinski definition) is 8. The minimum absolute atomic E-state index is 0.0125. The number of Topliss-reactive ketones (excluding diaryl/α,β-unsaturated/α-hetero) is 3. The number of fused-ring (bicyclic) bond motifs is 5. The molecule has 109 heavy (non-hydrogen) atoms. The number of hydrogen-bond acceptors (Lipinski definition) is 22. The Hall–Kier alpha value is -10.0. The highest BCUT2D eigenvalue weighted by Crippen LogP contribution is 2.65. The minimum atomic E-state index is -2.44. The number of aliphatic hydroxyl groups excluding tert-OH is 1. The molecule has 1 aliphatic heterocycles. The van der Waals surface area contributed by atoms with E-state index in [4.69, 9.17) is 34.2 Å². The van der Waals surface area contributed by atoms with Crippen LogP contribution in [-0.4, -0.2) is 203 Å². The van der Waals surface area contributed by atoms with Crippen LogP contribution in [0.5, 0.6) is 0 Å². The van der Waals surface area contributed by atoms with Gasteiger partial charge in [0.1, 0.15) is 42.3 Å². The molecule has 2 saturated carbocycles. The molecule has 9 N–H and O–H groups in total. The maximum atomic E-state index is 16.0. The molecule has 1 saturated heterocycles. The lowest BCUT2D eigenvalue weighted by Crippen LogP contribution is -2.81. The van der Waals surface area contributed by atoms with Gasteiger partial charge >= 0.3 is 36.1 Å². The number of allylic oxidation sites excluding steroid dienone is 1. The van der Waals surface area contributed by atoms with Gasteiger partial charge in [0, 0.05) is 83.0 Å². The molecule has 2 bridgehead atoms. The molecule has 8 amide bonds. The van der Waals surface area contributed by atoms with E-state index in [0.29, 0.717) is 16.8 Å². The van der Waals surface area contributed by atoms with Crippen molar-refractivity contribution in [3.8, 4) is 0 Å². The Morgan fingerprint density at radius 3 is 1.91 bits per heavy atom. The number of thioether (sulfide) groups is 1. The summed E-state index contributed by atoms with van der Waals surface area (Å²) in [7, 11) is 2.77. The number of amides is 8. The quantitative estimate of drug-likeness (QED) is 0.0109. The van der Waals surface area contributed by atoms with E-state index in [-0.39, 0.29) is 97.6 Å². The summed E-state index contributed by atoms with van der Waals surface area (Å²) in [5.41, 5.74) is -1.35. The van der Waals surface area contributed by atoms with Crippen molar-refractivity contribution in [2.24, 2.45) is 40.2 Å². The molecular weight excluding hydrogens is 1430 g/mol. The Labute approximate surface area is 637 Å². The Kier molecular flexibility index (Phi) is 28.3. The van der Waals surface area contributed by atoms with Gasteiger partial charge in [0.25, 0.3) is 5.91 Å². The molecule has 8 rings (SSSR count). The van der Waals surface area contributed by atoms with Gasteiger partial charge in [-0.25, -0.2) is 19.2 Å². The predicted molar refractivity (Wildman–Crippen MR) is 398 cm³/mol. The molecule has 3 fully saturated rings. The zero-order valence-corrected chi connectivity index (χ0v) is 64.2. The number of anilines is 1. The van der Waals surface area contributed by atoms with Crippen molar-refractivity contribution in [2.45, 2.75) is 168 Å². The summed E-state index contributed by atoms with van der Waals surface area (Å²) < 4.78 is 36.7. The summed E-state index contributed by atoms with van der Waals surface area (Å²) in [4.78, 5) is 183. The van der Waals surface area contributed by atoms with Gasteiger partial charge in [-0.3, -0.25) is 43.2 Å². The van der Waals surface area contributed by atoms with Crippen molar-refractivity contribution in [3.63, 3.8) is 0 Å². The molecule has 0 unspecified atom stereocenters. The first-order valence-corrected chi connectivity index (χ1v) is 37.4. The van der Waals surface area contributed by atoms with Crippen LogP contribution in [0, 0.1) is 34.5 Å². The lowest BCUT2D eigenvalue weighted by atomic mass is 9.44. The third-order valence-corrected chi connectivity index (χ3v) is 22.1. The Morgan fingerprint density at radius 1 is 0.734 bits per heavy atom. The van der Waals surface area contributed by atoms with E-state index >= 15 is 9.59 Å². The Balaban J connectivity index is 1.02. The van der Waals surface area contributed by atoms with E-state index in [0.717, 1.165) is 30.5 Å². The van der Waals surface area contributed by atoms with Gasteiger partial charge in [0.15, 0.2) is 29.4 Å². The smallest absolute Gasteiger partial charge is 0.410 e. The maximum absolute atomic E-state index is 16.0. The molecule has 1 heterocycles. The van der Waals surface area contributed by atoms with E-state index in [2.05, 4.69) is 26.6 Å². The number of benzene rings is 4. The van der Waals surface area contributed by atoms with Crippen molar-refractivity contribution in [3.05, 3.63) is 149 Å². The summed E-state index contributed by atoms with van der Waals surface area (Å²) in [6, 6.07) is 25.9. The lowest BCUT2D eigenvalue weighted by Gasteiger charge is -2.67. The maximum Gasteiger partial charge on any atom is 0.410 e. The van der Waals surface area contributed by atoms with E-state index in [1.165, 1.54) is 38.1 Å². The summed E-state index contributed by atoms with van der Waals surface area (Å²) in [6.45, 7) is 14.4. The average Bonchev–Trinajstić information content (AvgIpc) is 0.668. The van der Waals surface area contributed by atoms with Crippen LogP contribution in [0.4, 0.5) is 20.1 Å². The number of rotatable bonds is 32. The number of primary amides is 1. The number of likely N-dealkylation sites (N-methyl/N-ethyl adjacent to an activating group) is 2. The third kappa shape index (κ3) is 19.7. The fourth-order valence-corrected chi connectivity index (χ4v) is 15.7. The molecule has 0 spiro atoms. The molecule has 29 nitrogen and oxygen atoms in total. The second kappa shape index (κ2) is 36.4. The fraction of sp³-hybridized carbons (Fsp3) is 0.506. The van der Waals surface area contributed by atoms with E-state index in [1.54, 1.807) is 152 Å². The number of esters is 3. The average molecular weight is 1530 g/mol. The van der Waals surface area contributed by atoms with Gasteiger partial charge in [-0.1, -0.05) is 126 Å². The second-order valence-electron chi connectivity index (χ2n) is 29.6. The van der Waals surface area contributed by atoms with Gasteiger partial charge in [-0.05, 0) is 98.0 Å². The standard InChI is InChI=1S/C79H100N8O21S/c1-44(2)57(91)41-109-42-60(93)84-62(45(3)4)71(97)83-55(29-22-34-81-73(80)99)70(96)82-54-32-30-49(31-33-54)40-103-74(100)86(11)35-36-87(12)75(101)106-64(63(50-23-16-13-17-24-50)85-69(95)51-25-18-14-19-26-51)56(90)37-53-39-79(102)68(107-72(98)52-27-20-15-21-28-52)66-77(10,58(92)38-59-78(66,43-104-59)108-48(7)89)67(94)65(105-47(6)88)61(46(53)5)76(79,8)9/h13-21,23-28,30-33,44-45,53,55,58-59,62-66,68,92,102H,22,29,34-43H2,1-12H3,(H,82,96)(H,83,97)(H,84,93)(H,85,95)(H3,80,81,99)/t53-,55-,58-,59+,62-,63-,64-,65+,66-,68-,77+,78-,79+/m0/s1. The minimum Gasteiger partial charge on any atom is -0.455 e. The lowest BCUT2D eigenvalue weighted by molar-refractivity contribution is -0.345. The fourth-order valence-electron chi connectivity index (χ4n) is 14.8. The van der Waals surface area contributed by atoms with Crippen LogP contribution in [0.25, 0.3) is 0 Å². The Bertz CT molecular complexity index is 4050. The topological polar surface area (TPSA) is 410 Å². The zero-order chi connectivity index (χ0) is 80.0. The van der Waals surface area contributed by atoms with Gasteiger partial charge in [-0.15, -0.1) is 11.8 Å². The number of nitrogens with two attached hydrogens (primary N) is 1.